The molecule has 8 nitrogen and oxygen atoms in total. The standard InChI is InChI=1S/C23H27N5O3S/c1-4-31-16-8-6-5-7-14(16)21(29)27-19(13(2)3)23(30)28-10-9-15-17(11-28)32-22-18(15)20(24)25-12-26-22/h5-8,12-13,19H,4,9-11H2,1-3H3,(H,27,29)(H2,24,25,26)/t19-/m1/s1. The average Bonchev–Trinajstić information content (AvgIpc) is 3.16. The number of thiophene rings is 1. The Labute approximate surface area is 190 Å². The largest absolute Gasteiger partial charge is 0.493 e. The number of para-hydroxylation sites is 1. The van der Waals surface area contributed by atoms with Gasteiger partial charge in [0, 0.05) is 11.4 Å². The number of benzene rings is 1. The van der Waals surface area contributed by atoms with E-state index in [2.05, 4.69) is 15.3 Å². The van der Waals surface area contributed by atoms with Crippen molar-refractivity contribution in [2.24, 2.45) is 5.92 Å². The number of nitrogen functional groups attached to an aromatic ring is 1. The number of carbonyl (C=O) groups is 2. The van der Waals surface area contributed by atoms with E-state index in [1.54, 1.807) is 34.4 Å². The van der Waals surface area contributed by atoms with Crippen LogP contribution in [0.25, 0.3) is 10.2 Å². The monoisotopic (exact) mass is 453 g/mol. The normalized spacial score (nSPS) is 14.3. The zero-order chi connectivity index (χ0) is 22.8. The Balaban J connectivity index is 1.54. The van der Waals surface area contributed by atoms with E-state index in [-0.39, 0.29) is 17.7 Å². The second-order valence-electron chi connectivity index (χ2n) is 8.08. The van der Waals surface area contributed by atoms with E-state index in [0.29, 0.717) is 43.2 Å². The lowest BCUT2D eigenvalue weighted by atomic mass is 9.99. The highest BCUT2D eigenvalue weighted by atomic mass is 32.1. The molecule has 3 N–H and O–H groups in total. The van der Waals surface area contributed by atoms with Crippen molar-refractivity contribution in [2.45, 2.75) is 39.8 Å². The number of nitrogens with zero attached hydrogens (tertiary/aromatic N) is 3. The maximum absolute atomic E-state index is 13.4. The van der Waals surface area contributed by atoms with Gasteiger partial charge in [-0.15, -0.1) is 11.3 Å². The van der Waals surface area contributed by atoms with Gasteiger partial charge in [0.1, 0.15) is 28.8 Å². The third-order valence-corrected chi connectivity index (χ3v) is 6.75. The SMILES string of the molecule is CCOc1ccccc1C(=O)N[C@@H](C(=O)N1CCc2c(sc3ncnc(N)c23)C1)C(C)C. The Hall–Kier alpha value is -3.20. The fourth-order valence-electron chi connectivity index (χ4n) is 4.01. The number of amides is 2. The van der Waals surface area contributed by atoms with Gasteiger partial charge in [0.25, 0.3) is 5.91 Å². The number of nitrogens with two attached hydrogens (primary N) is 1. The van der Waals surface area contributed by atoms with Crippen LogP contribution in [0.1, 0.15) is 41.6 Å². The molecule has 1 aliphatic rings. The Bertz CT molecular complexity index is 1160. The van der Waals surface area contributed by atoms with Gasteiger partial charge in [-0.25, -0.2) is 9.97 Å². The lowest BCUT2D eigenvalue weighted by Crippen LogP contribution is -2.52. The molecule has 1 aliphatic heterocycles. The van der Waals surface area contributed by atoms with E-state index < -0.39 is 6.04 Å². The summed E-state index contributed by atoms with van der Waals surface area (Å²) in [4.78, 5) is 38.6. The molecule has 2 aromatic heterocycles. The van der Waals surface area contributed by atoms with E-state index in [1.165, 1.54) is 6.33 Å². The minimum absolute atomic E-state index is 0.0731. The molecule has 0 fully saturated rings. The van der Waals surface area contributed by atoms with Gasteiger partial charge in [-0.3, -0.25) is 9.59 Å². The number of anilines is 1. The van der Waals surface area contributed by atoms with Crippen molar-refractivity contribution < 1.29 is 14.3 Å². The van der Waals surface area contributed by atoms with Gasteiger partial charge in [0.15, 0.2) is 0 Å². The van der Waals surface area contributed by atoms with Crippen LogP contribution in [0, 0.1) is 5.92 Å². The molecule has 3 aromatic rings. The molecule has 0 bridgehead atoms. The van der Waals surface area contributed by atoms with Crippen molar-refractivity contribution in [2.75, 3.05) is 18.9 Å². The molecule has 9 heteroatoms. The summed E-state index contributed by atoms with van der Waals surface area (Å²) in [7, 11) is 0. The minimum atomic E-state index is -0.641. The molecule has 32 heavy (non-hydrogen) atoms. The van der Waals surface area contributed by atoms with Crippen LogP contribution in [-0.4, -0.2) is 45.9 Å². The Morgan fingerprint density at radius 1 is 1.28 bits per heavy atom. The molecule has 3 heterocycles. The topological polar surface area (TPSA) is 110 Å². The van der Waals surface area contributed by atoms with Crippen molar-refractivity contribution in [1.29, 1.82) is 0 Å². The van der Waals surface area contributed by atoms with Gasteiger partial charge in [-0.1, -0.05) is 26.0 Å². The summed E-state index contributed by atoms with van der Waals surface area (Å²) in [6.45, 7) is 7.22. The maximum atomic E-state index is 13.4. The summed E-state index contributed by atoms with van der Waals surface area (Å²) >= 11 is 1.54. The minimum Gasteiger partial charge on any atom is -0.493 e. The molecule has 4 rings (SSSR count). The molecular formula is C23H27N5O3S. The fraction of sp³-hybridized carbons (Fsp3) is 0.391. The predicted molar refractivity (Wildman–Crippen MR) is 125 cm³/mol. The highest BCUT2D eigenvalue weighted by molar-refractivity contribution is 7.19. The van der Waals surface area contributed by atoms with Crippen molar-refractivity contribution in [3.8, 4) is 5.75 Å². The van der Waals surface area contributed by atoms with Gasteiger partial charge < -0.3 is 20.7 Å². The number of hydrogen-bond acceptors (Lipinski definition) is 7. The van der Waals surface area contributed by atoms with E-state index in [4.69, 9.17) is 10.5 Å². The van der Waals surface area contributed by atoms with Crippen LogP contribution in [0.4, 0.5) is 5.82 Å². The van der Waals surface area contributed by atoms with Gasteiger partial charge in [0.05, 0.1) is 24.1 Å². The number of fused-ring (bicyclic) bond motifs is 3. The van der Waals surface area contributed by atoms with Gasteiger partial charge in [-0.05, 0) is 37.0 Å². The second kappa shape index (κ2) is 9.12. The predicted octanol–water partition coefficient (Wildman–Crippen LogP) is 3.01. The first-order valence-electron chi connectivity index (χ1n) is 10.7. The lowest BCUT2D eigenvalue weighted by Gasteiger charge is -2.32. The van der Waals surface area contributed by atoms with Crippen LogP contribution >= 0.6 is 11.3 Å². The Kier molecular flexibility index (Phi) is 6.27. The van der Waals surface area contributed by atoms with Crippen LogP contribution in [0.2, 0.25) is 0 Å². The summed E-state index contributed by atoms with van der Waals surface area (Å²) < 4.78 is 5.58. The summed E-state index contributed by atoms with van der Waals surface area (Å²) in [5.74, 6) is 0.505. The third kappa shape index (κ3) is 4.12. The summed E-state index contributed by atoms with van der Waals surface area (Å²) in [6, 6.07) is 6.43. The van der Waals surface area contributed by atoms with Crippen molar-refractivity contribution in [3.05, 3.63) is 46.6 Å². The Morgan fingerprint density at radius 3 is 2.81 bits per heavy atom. The summed E-state index contributed by atoms with van der Waals surface area (Å²) in [5, 5.41) is 3.84. The highest BCUT2D eigenvalue weighted by Crippen LogP contribution is 2.36. The molecule has 0 radical (unpaired) electrons. The van der Waals surface area contributed by atoms with Crippen molar-refractivity contribution >= 4 is 39.2 Å². The average molecular weight is 454 g/mol. The highest BCUT2D eigenvalue weighted by Gasteiger charge is 2.33. The maximum Gasteiger partial charge on any atom is 0.255 e. The number of nitrogens with one attached hydrogen (secondary N) is 1. The molecule has 2 amide bonds. The Morgan fingerprint density at radius 2 is 2.06 bits per heavy atom. The molecule has 1 aromatic carbocycles. The fourth-order valence-corrected chi connectivity index (χ4v) is 5.22. The number of ether oxygens (including phenoxy) is 1. The first-order valence-corrected chi connectivity index (χ1v) is 11.5. The van der Waals surface area contributed by atoms with E-state index >= 15 is 0 Å². The number of hydrogen-bond donors (Lipinski definition) is 2. The molecule has 0 spiro atoms. The van der Waals surface area contributed by atoms with Crippen molar-refractivity contribution in [1.82, 2.24) is 20.2 Å². The second-order valence-corrected chi connectivity index (χ2v) is 9.16. The van der Waals surface area contributed by atoms with Crippen molar-refractivity contribution in [3.63, 3.8) is 0 Å². The molecule has 0 saturated heterocycles. The summed E-state index contributed by atoms with van der Waals surface area (Å²) in [5.41, 5.74) is 7.62. The van der Waals surface area contributed by atoms with E-state index in [9.17, 15) is 9.59 Å². The molecule has 0 saturated carbocycles. The van der Waals surface area contributed by atoms with Crippen LogP contribution < -0.4 is 15.8 Å². The molecule has 0 aliphatic carbocycles. The summed E-state index contributed by atoms with van der Waals surface area (Å²) in [6.07, 6.45) is 2.15. The number of rotatable bonds is 6. The molecule has 168 valence electrons. The van der Waals surface area contributed by atoms with E-state index in [1.807, 2.05) is 26.8 Å². The molecule has 0 unspecified atom stereocenters. The van der Waals surface area contributed by atoms with Crippen LogP contribution in [0.5, 0.6) is 5.75 Å². The van der Waals surface area contributed by atoms with Gasteiger partial charge in [0.2, 0.25) is 5.91 Å². The smallest absolute Gasteiger partial charge is 0.255 e. The van der Waals surface area contributed by atoms with Gasteiger partial charge >= 0.3 is 0 Å². The van der Waals surface area contributed by atoms with Crippen LogP contribution in [0.15, 0.2) is 30.6 Å². The quantitative estimate of drug-likeness (QED) is 0.594. The number of carbonyl (C=O) groups excluding carboxylic acids is 2. The lowest BCUT2D eigenvalue weighted by molar-refractivity contribution is -0.135. The zero-order valence-electron chi connectivity index (χ0n) is 18.4. The molecule has 1 atom stereocenters. The first-order chi connectivity index (χ1) is 15.4. The van der Waals surface area contributed by atoms with Crippen LogP contribution in [0.3, 0.4) is 0 Å². The zero-order valence-corrected chi connectivity index (χ0v) is 19.2. The van der Waals surface area contributed by atoms with Crippen LogP contribution in [-0.2, 0) is 17.8 Å². The van der Waals surface area contributed by atoms with Gasteiger partial charge in [-0.2, -0.15) is 0 Å². The van der Waals surface area contributed by atoms with E-state index in [0.717, 1.165) is 20.7 Å². The number of aromatic nitrogens is 2. The third-order valence-electron chi connectivity index (χ3n) is 5.63. The first kappa shape index (κ1) is 22.0. The molecular weight excluding hydrogens is 426 g/mol.